The molecule has 0 atom stereocenters. The molecule has 6 heteroatoms. The Morgan fingerprint density at radius 2 is 1.95 bits per heavy atom. The molecule has 0 aliphatic heterocycles. The van der Waals surface area contributed by atoms with Crippen molar-refractivity contribution in [2.24, 2.45) is 0 Å². The molecule has 5 nitrogen and oxygen atoms in total. The van der Waals surface area contributed by atoms with Crippen molar-refractivity contribution in [3.63, 3.8) is 0 Å². The number of halogens is 1. The molecule has 0 aliphatic carbocycles. The second kappa shape index (κ2) is 10.1. The van der Waals surface area contributed by atoms with Crippen molar-refractivity contribution in [3.05, 3.63) is 34.9 Å². The van der Waals surface area contributed by atoms with Crippen LogP contribution in [0.15, 0.2) is 24.3 Å². The van der Waals surface area contributed by atoms with Crippen molar-refractivity contribution in [3.8, 4) is 0 Å². The first-order valence-corrected chi connectivity index (χ1v) is 7.98. The molecule has 3 amide bonds. The molecule has 0 heterocycles. The molecule has 0 bridgehead atoms. The minimum absolute atomic E-state index is 0.0416. The van der Waals surface area contributed by atoms with Crippen LogP contribution in [0.25, 0.3) is 0 Å². The lowest BCUT2D eigenvalue weighted by atomic mass is 10.2. The van der Waals surface area contributed by atoms with Gasteiger partial charge in [-0.25, -0.2) is 4.79 Å². The predicted octanol–water partition coefficient (Wildman–Crippen LogP) is 2.79. The second-order valence-electron chi connectivity index (χ2n) is 4.98. The third-order valence-electron chi connectivity index (χ3n) is 3.13. The van der Waals surface area contributed by atoms with E-state index in [-0.39, 0.29) is 11.9 Å². The Hall–Kier alpha value is -1.75. The third-order valence-corrected chi connectivity index (χ3v) is 3.37. The zero-order valence-corrected chi connectivity index (χ0v) is 13.9. The molecule has 1 aromatic carbocycles. The Kier molecular flexibility index (Phi) is 8.36. The number of urea groups is 1. The van der Waals surface area contributed by atoms with E-state index in [2.05, 4.69) is 10.6 Å². The van der Waals surface area contributed by atoms with Crippen molar-refractivity contribution in [1.29, 1.82) is 0 Å². The summed E-state index contributed by atoms with van der Waals surface area (Å²) in [5, 5.41) is 6.20. The number of carbonyl (C=O) groups excluding carboxylic acids is 2. The lowest BCUT2D eigenvalue weighted by Gasteiger charge is -2.21. The van der Waals surface area contributed by atoms with E-state index in [4.69, 9.17) is 11.6 Å². The molecule has 0 saturated heterocycles. The smallest absolute Gasteiger partial charge is 0.317 e. The van der Waals surface area contributed by atoms with Crippen LogP contribution in [0.1, 0.15) is 32.3 Å². The van der Waals surface area contributed by atoms with E-state index in [1.165, 1.54) is 0 Å². The van der Waals surface area contributed by atoms with Crippen LogP contribution in [-0.4, -0.2) is 36.5 Å². The molecule has 0 spiro atoms. The van der Waals surface area contributed by atoms with Crippen molar-refractivity contribution in [2.45, 2.75) is 33.2 Å². The lowest BCUT2D eigenvalue weighted by Crippen LogP contribution is -2.41. The van der Waals surface area contributed by atoms with Gasteiger partial charge in [0, 0.05) is 37.6 Å². The van der Waals surface area contributed by atoms with E-state index in [9.17, 15) is 9.59 Å². The summed E-state index contributed by atoms with van der Waals surface area (Å²) in [5.41, 5.74) is 0.977. The number of carbonyl (C=O) groups is 2. The largest absolute Gasteiger partial charge is 0.356 e. The summed E-state index contributed by atoms with van der Waals surface area (Å²) in [7, 11) is 0. The van der Waals surface area contributed by atoms with Crippen molar-refractivity contribution in [1.82, 2.24) is 15.5 Å². The summed E-state index contributed by atoms with van der Waals surface area (Å²) >= 11 is 5.95. The molecule has 0 aromatic heterocycles. The molecular formula is C16H24ClN3O2. The van der Waals surface area contributed by atoms with Crippen LogP contribution in [-0.2, 0) is 11.3 Å². The van der Waals surface area contributed by atoms with Crippen LogP contribution in [0, 0.1) is 0 Å². The minimum atomic E-state index is -0.175. The van der Waals surface area contributed by atoms with Gasteiger partial charge in [0.25, 0.3) is 0 Å². The van der Waals surface area contributed by atoms with E-state index in [1.807, 2.05) is 32.0 Å². The number of hydrogen-bond acceptors (Lipinski definition) is 2. The fourth-order valence-electron chi connectivity index (χ4n) is 1.93. The maximum atomic E-state index is 12.1. The summed E-state index contributed by atoms with van der Waals surface area (Å²) in [6, 6.07) is 7.26. The Balaban J connectivity index is 2.39. The Morgan fingerprint density at radius 1 is 1.18 bits per heavy atom. The lowest BCUT2D eigenvalue weighted by molar-refractivity contribution is -0.120. The first-order chi connectivity index (χ1) is 10.6. The maximum absolute atomic E-state index is 12.1. The van der Waals surface area contributed by atoms with Gasteiger partial charge in [-0.05, 0) is 31.0 Å². The zero-order valence-electron chi connectivity index (χ0n) is 13.2. The monoisotopic (exact) mass is 325 g/mol. The molecule has 0 aliphatic rings. The highest BCUT2D eigenvalue weighted by Crippen LogP contribution is 2.12. The Bertz CT molecular complexity index is 494. The quantitative estimate of drug-likeness (QED) is 0.772. The summed E-state index contributed by atoms with van der Waals surface area (Å²) in [6.45, 7) is 5.99. The summed E-state index contributed by atoms with van der Waals surface area (Å²) < 4.78 is 0. The normalized spacial score (nSPS) is 10.1. The van der Waals surface area contributed by atoms with E-state index >= 15 is 0 Å². The number of nitrogens with zero attached hydrogens (tertiary/aromatic N) is 1. The van der Waals surface area contributed by atoms with Crippen molar-refractivity contribution in [2.75, 3.05) is 19.6 Å². The number of amides is 3. The standard InChI is InChI=1S/C16H24ClN3O2/c1-3-9-18-15(21)8-10-19-16(22)20(4-2)12-13-6-5-7-14(17)11-13/h5-7,11H,3-4,8-10,12H2,1-2H3,(H,18,21)(H,19,22). The Morgan fingerprint density at radius 3 is 2.59 bits per heavy atom. The number of rotatable bonds is 8. The van der Waals surface area contributed by atoms with E-state index in [0.717, 1.165) is 12.0 Å². The van der Waals surface area contributed by atoms with Gasteiger partial charge in [-0.2, -0.15) is 0 Å². The van der Waals surface area contributed by atoms with Gasteiger partial charge in [-0.3, -0.25) is 4.79 Å². The average Bonchev–Trinajstić information content (AvgIpc) is 2.50. The minimum Gasteiger partial charge on any atom is -0.356 e. The van der Waals surface area contributed by atoms with Crippen LogP contribution < -0.4 is 10.6 Å². The topological polar surface area (TPSA) is 61.4 Å². The molecule has 22 heavy (non-hydrogen) atoms. The highest BCUT2D eigenvalue weighted by molar-refractivity contribution is 6.30. The van der Waals surface area contributed by atoms with Gasteiger partial charge < -0.3 is 15.5 Å². The summed E-state index contributed by atoms with van der Waals surface area (Å²) in [5.74, 6) is -0.0416. The molecule has 0 saturated carbocycles. The van der Waals surface area contributed by atoms with Crippen molar-refractivity contribution < 1.29 is 9.59 Å². The van der Waals surface area contributed by atoms with Gasteiger partial charge in [-0.1, -0.05) is 30.7 Å². The van der Waals surface area contributed by atoms with E-state index in [0.29, 0.717) is 37.6 Å². The van der Waals surface area contributed by atoms with Crippen LogP contribution in [0.5, 0.6) is 0 Å². The fraction of sp³-hybridized carbons (Fsp3) is 0.500. The highest BCUT2D eigenvalue weighted by Gasteiger charge is 2.12. The maximum Gasteiger partial charge on any atom is 0.317 e. The molecule has 2 N–H and O–H groups in total. The van der Waals surface area contributed by atoms with E-state index in [1.54, 1.807) is 11.0 Å². The van der Waals surface area contributed by atoms with Gasteiger partial charge >= 0.3 is 6.03 Å². The van der Waals surface area contributed by atoms with Gasteiger partial charge in [0.05, 0.1) is 0 Å². The first kappa shape index (κ1) is 18.3. The highest BCUT2D eigenvalue weighted by atomic mass is 35.5. The molecule has 0 unspecified atom stereocenters. The van der Waals surface area contributed by atoms with Crippen LogP contribution >= 0.6 is 11.6 Å². The van der Waals surface area contributed by atoms with Crippen LogP contribution in [0.3, 0.4) is 0 Å². The molecular weight excluding hydrogens is 302 g/mol. The van der Waals surface area contributed by atoms with Gasteiger partial charge in [0.15, 0.2) is 0 Å². The third kappa shape index (κ3) is 6.80. The van der Waals surface area contributed by atoms with Gasteiger partial charge in [0.2, 0.25) is 5.91 Å². The van der Waals surface area contributed by atoms with Gasteiger partial charge in [-0.15, -0.1) is 0 Å². The van der Waals surface area contributed by atoms with Crippen LogP contribution in [0.4, 0.5) is 4.79 Å². The molecule has 1 aromatic rings. The summed E-state index contributed by atoms with van der Waals surface area (Å²) in [6.07, 6.45) is 1.20. The molecule has 0 radical (unpaired) electrons. The number of hydrogen-bond donors (Lipinski definition) is 2. The SMILES string of the molecule is CCCNC(=O)CCNC(=O)N(CC)Cc1cccc(Cl)c1. The average molecular weight is 326 g/mol. The summed E-state index contributed by atoms with van der Waals surface area (Å²) in [4.78, 5) is 25.2. The first-order valence-electron chi connectivity index (χ1n) is 7.60. The van der Waals surface area contributed by atoms with Crippen molar-refractivity contribution >= 4 is 23.5 Å². The molecule has 1 rings (SSSR count). The van der Waals surface area contributed by atoms with Crippen LogP contribution in [0.2, 0.25) is 5.02 Å². The molecule has 122 valence electrons. The number of benzene rings is 1. The predicted molar refractivity (Wildman–Crippen MR) is 88.9 cm³/mol. The zero-order chi connectivity index (χ0) is 16.4. The van der Waals surface area contributed by atoms with Gasteiger partial charge in [0.1, 0.15) is 0 Å². The van der Waals surface area contributed by atoms with E-state index < -0.39 is 0 Å². The Labute approximate surface area is 137 Å². The number of nitrogens with one attached hydrogen (secondary N) is 2. The second-order valence-corrected chi connectivity index (χ2v) is 5.41. The molecule has 0 fully saturated rings. The fourth-order valence-corrected chi connectivity index (χ4v) is 2.14.